The lowest BCUT2D eigenvalue weighted by molar-refractivity contribution is -0.132. The summed E-state index contributed by atoms with van der Waals surface area (Å²) < 4.78 is 0. The first-order valence-electron chi connectivity index (χ1n) is 9.16. The second kappa shape index (κ2) is 7.64. The number of piperazine rings is 1. The summed E-state index contributed by atoms with van der Waals surface area (Å²) >= 11 is 0. The molecule has 5 heteroatoms. The molecule has 5 nitrogen and oxygen atoms in total. The molecular weight excluding hydrogens is 300 g/mol. The first kappa shape index (κ1) is 17.4. The quantitative estimate of drug-likeness (QED) is 0.870. The minimum absolute atomic E-state index is 0.0146. The highest BCUT2D eigenvalue weighted by atomic mass is 16.2. The normalized spacial score (nSPS) is 29.5. The van der Waals surface area contributed by atoms with Crippen LogP contribution in [0.3, 0.4) is 0 Å². The van der Waals surface area contributed by atoms with Crippen molar-refractivity contribution in [2.45, 2.75) is 39.5 Å². The van der Waals surface area contributed by atoms with Gasteiger partial charge >= 0.3 is 0 Å². The Morgan fingerprint density at radius 1 is 1.17 bits per heavy atom. The Bertz CT molecular complexity index is 568. The van der Waals surface area contributed by atoms with Gasteiger partial charge in [0.05, 0.1) is 5.92 Å². The molecule has 2 heterocycles. The van der Waals surface area contributed by atoms with E-state index in [1.165, 1.54) is 11.1 Å². The summed E-state index contributed by atoms with van der Waals surface area (Å²) in [7, 11) is 0. The third-order valence-electron chi connectivity index (χ3n) is 5.56. The molecule has 2 aliphatic heterocycles. The number of amides is 1. The molecule has 0 aliphatic carbocycles. The fourth-order valence-electron chi connectivity index (χ4n) is 3.76. The summed E-state index contributed by atoms with van der Waals surface area (Å²) in [6.07, 6.45) is 0.767. The smallest absolute Gasteiger partial charge is 0.227 e. The highest BCUT2D eigenvalue weighted by Crippen LogP contribution is 2.20. The summed E-state index contributed by atoms with van der Waals surface area (Å²) in [5.41, 5.74) is 2.52. The van der Waals surface area contributed by atoms with E-state index in [1.54, 1.807) is 0 Å². The average Bonchev–Trinajstić information content (AvgIpc) is 2.59. The van der Waals surface area contributed by atoms with Crippen LogP contribution < -0.4 is 10.6 Å². The van der Waals surface area contributed by atoms with Gasteiger partial charge in [-0.1, -0.05) is 31.2 Å². The van der Waals surface area contributed by atoms with Crippen LogP contribution in [0.5, 0.6) is 0 Å². The number of carbonyl (C=O) groups excluding carboxylic acids is 1. The lowest BCUT2D eigenvalue weighted by Gasteiger charge is -2.44. The Morgan fingerprint density at radius 2 is 1.88 bits per heavy atom. The van der Waals surface area contributed by atoms with Gasteiger partial charge in [-0.2, -0.15) is 0 Å². The second-order valence-electron chi connectivity index (χ2n) is 7.07. The van der Waals surface area contributed by atoms with Crippen molar-refractivity contribution < 1.29 is 4.79 Å². The van der Waals surface area contributed by atoms with Crippen molar-refractivity contribution in [2.24, 2.45) is 5.92 Å². The number of benzene rings is 1. The van der Waals surface area contributed by atoms with Gasteiger partial charge in [0.25, 0.3) is 0 Å². The van der Waals surface area contributed by atoms with Crippen molar-refractivity contribution >= 4 is 5.91 Å². The molecule has 0 bridgehead atoms. The van der Waals surface area contributed by atoms with Crippen LogP contribution in [-0.4, -0.2) is 60.8 Å². The topological polar surface area (TPSA) is 47.6 Å². The molecule has 2 fully saturated rings. The molecular formula is C19H30N4O. The Labute approximate surface area is 145 Å². The van der Waals surface area contributed by atoms with E-state index in [4.69, 9.17) is 0 Å². The van der Waals surface area contributed by atoms with Crippen molar-refractivity contribution in [3.63, 3.8) is 0 Å². The number of hydrogen-bond donors (Lipinski definition) is 2. The van der Waals surface area contributed by atoms with E-state index in [2.05, 4.69) is 59.4 Å². The maximum Gasteiger partial charge on any atom is 0.227 e. The van der Waals surface area contributed by atoms with Gasteiger partial charge in [-0.05, 0) is 37.9 Å². The summed E-state index contributed by atoms with van der Waals surface area (Å²) in [6.45, 7) is 11.7. The molecule has 3 rings (SSSR count). The molecule has 0 aromatic heterocycles. The maximum atomic E-state index is 12.7. The van der Waals surface area contributed by atoms with Crippen LogP contribution in [0.2, 0.25) is 0 Å². The largest absolute Gasteiger partial charge is 0.328 e. The Morgan fingerprint density at radius 3 is 2.50 bits per heavy atom. The monoisotopic (exact) mass is 330 g/mol. The molecule has 24 heavy (non-hydrogen) atoms. The summed E-state index contributed by atoms with van der Waals surface area (Å²) in [5.74, 6) is 0.159. The fraction of sp³-hybridized carbons (Fsp3) is 0.632. The lowest BCUT2D eigenvalue weighted by Crippen LogP contribution is -2.69. The predicted molar refractivity (Wildman–Crippen MR) is 96.6 cm³/mol. The number of likely N-dealkylation sites (N-methyl/N-ethyl adjacent to an activating group) is 1. The average molecular weight is 330 g/mol. The van der Waals surface area contributed by atoms with E-state index in [0.29, 0.717) is 0 Å². The predicted octanol–water partition coefficient (Wildman–Crippen LogP) is 1.18. The van der Waals surface area contributed by atoms with Crippen molar-refractivity contribution in [1.29, 1.82) is 0 Å². The van der Waals surface area contributed by atoms with Crippen LogP contribution in [0.15, 0.2) is 24.3 Å². The molecule has 1 aromatic carbocycles. The molecule has 2 saturated heterocycles. The van der Waals surface area contributed by atoms with Gasteiger partial charge in [-0.15, -0.1) is 0 Å². The number of carbonyl (C=O) groups is 1. The first-order valence-corrected chi connectivity index (χ1v) is 9.16. The minimum atomic E-state index is -0.0281. The van der Waals surface area contributed by atoms with Crippen LogP contribution in [0.1, 0.15) is 25.0 Å². The third-order valence-corrected chi connectivity index (χ3v) is 5.56. The molecule has 0 saturated carbocycles. The van der Waals surface area contributed by atoms with Crippen molar-refractivity contribution in [3.8, 4) is 0 Å². The van der Waals surface area contributed by atoms with Crippen molar-refractivity contribution in [3.05, 3.63) is 35.4 Å². The molecule has 1 aromatic rings. The van der Waals surface area contributed by atoms with E-state index in [-0.39, 0.29) is 24.2 Å². The van der Waals surface area contributed by atoms with Gasteiger partial charge in [0, 0.05) is 32.2 Å². The van der Waals surface area contributed by atoms with E-state index < -0.39 is 0 Å². The van der Waals surface area contributed by atoms with Crippen LogP contribution >= 0.6 is 0 Å². The molecule has 0 radical (unpaired) electrons. The van der Waals surface area contributed by atoms with Crippen molar-refractivity contribution in [2.75, 3.05) is 32.7 Å². The number of nitrogens with zero attached hydrogens (tertiary/aromatic N) is 2. The van der Waals surface area contributed by atoms with Crippen molar-refractivity contribution in [1.82, 2.24) is 20.4 Å². The van der Waals surface area contributed by atoms with E-state index in [0.717, 1.165) is 39.1 Å². The summed E-state index contributed by atoms with van der Waals surface area (Å²) in [5, 5.41) is 6.81. The Kier molecular flexibility index (Phi) is 5.54. The minimum Gasteiger partial charge on any atom is -0.328 e. The van der Waals surface area contributed by atoms with E-state index in [9.17, 15) is 4.79 Å². The lowest BCUT2D eigenvalue weighted by atomic mass is 9.89. The van der Waals surface area contributed by atoms with Crippen LogP contribution in [0.4, 0.5) is 0 Å². The molecule has 1 amide bonds. The van der Waals surface area contributed by atoms with Gasteiger partial charge in [-0.25, -0.2) is 0 Å². The highest BCUT2D eigenvalue weighted by molar-refractivity contribution is 5.80. The first-order chi connectivity index (χ1) is 11.6. The Hall–Kier alpha value is -1.43. The zero-order valence-electron chi connectivity index (χ0n) is 15.1. The third kappa shape index (κ3) is 3.79. The molecule has 3 atom stereocenters. The van der Waals surface area contributed by atoms with Gasteiger partial charge in [0.15, 0.2) is 0 Å². The zero-order chi connectivity index (χ0) is 17.1. The molecule has 0 spiro atoms. The highest BCUT2D eigenvalue weighted by Gasteiger charge is 2.36. The Balaban J connectivity index is 1.60. The summed E-state index contributed by atoms with van der Waals surface area (Å²) in [6, 6.07) is 8.52. The molecule has 132 valence electrons. The summed E-state index contributed by atoms with van der Waals surface area (Å²) in [4.78, 5) is 17.5. The molecule has 3 unspecified atom stereocenters. The van der Waals surface area contributed by atoms with E-state index >= 15 is 0 Å². The van der Waals surface area contributed by atoms with Crippen LogP contribution in [0, 0.1) is 12.8 Å². The van der Waals surface area contributed by atoms with E-state index in [1.807, 2.05) is 6.07 Å². The van der Waals surface area contributed by atoms with Crippen LogP contribution in [-0.2, 0) is 11.2 Å². The number of nitrogens with one attached hydrogen (secondary N) is 2. The molecule has 2 N–H and O–H groups in total. The fourth-order valence-corrected chi connectivity index (χ4v) is 3.76. The standard InChI is InChI=1S/C19H30N4O/c1-4-22-9-11-23(12-10-22)19-20-15(3)17(18(24)21-19)13-16-8-6-5-7-14(16)2/h5-8,15,17,19-20H,4,9-13H2,1-3H3,(H,21,24). The van der Waals surface area contributed by atoms with Crippen LogP contribution in [0.25, 0.3) is 0 Å². The SMILES string of the molecule is CCN1CCN(C2NC(=O)C(Cc3ccccc3C)C(C)N2)CC1. The van der Waals surface area contributed by atoms with Gasteiger partial charge < -0.3 is 10.2 Å². The number of hydrogen-bond acceptors (Lipinski definition) is 4. The van der Waals surface area contributed by atoms with Gasteiger partial charge in [0.2, 0.25) is 5.91 Å². The number of aryl methyl sites for hydroxylation is 1. The zero-order valence-corrected chi connectivity index (χ0v) is 15.1. The van der Waals surface area contributed by atoms with Gasteiger partial charge in [-0.3, -0.25) is 15.0 Å². The second-order valence-corrected chi connectivity index (χ2v) is 7.07. The molecule has 2 aliphatic rings. The number of rotatable bonds is 4. The maximum absolute atomic E-state index is 12.7. The van der Waals surface area contributed by atoms with Gasteiger partial charge in [0.1, 0.15) is 6.29 Å².